The molecule has 0 spiro atoms. The third kappa shape index (κ3) is 2.89. The van der Waals surface area contributed by atoms with Gasteiger partial charge in [-0.1, -0.05) is 23.7 Å². The van der Waals surface area contributed by atoms with Gasteiger partial charge in [-0.05, 0) is 24.6 Å². The smallest absolute Gasteiger partial charge is 0.128 e. The van der Waals surface area contributed by atoms with Crippen molar-refractivity contribution in [1.29, 1.82) is 0 Å². The Morgan fingerprint density at radius 1 is 1.50 bits per heavy atom. The van der Waals surface area contributed by atoms with E-state index in [1.165, 1.54) is 12.1 Å². The van der Waals surface area contributed by atoms with Crippen LogP contribution in [0.2, 0.25) is 5.15 Å². The normalized spacial score (nSPS) is 12.7. The minimum Gasteiger partial charge on any atom is -0.321 e. The molecular formula is C13H15ClFN3. The second-order valence-corrected chi connectivity index (χ2v) is 4.60. The van der Waals surface area contributed by atoms with Gasteiger partial charge in [-0.2, -0.15) is 0 Å². The molecule has 2 aromatic rings. The van der Waals surface area contributed by atoms with Crippen molar-refractivity contribution in [3.8, 4) is 0 Å². The Hall–Kier alpha value is -1.39. The van der Waals surface area contributed by atoms with Gasteiger partial charge in [-0.15, -0.1) is 0 Å². The highest BCUT2D eigenvalue weighted by Crippen LogP contribution is 2.15. The number of nitrogens with one attached hydrogen (secondary N) is 1. The van der Waals surface area contributed by atoms with Crippen molar-refractivity contribution >= 4 is 11.6 Å². The number of aromatic nitrogens is 2. The summed E-state index contributed by atoms with van der Waals surface area (Å²) in [4.78, 5) is 4.19. The van der Waals surface area contributed by atoms with E-state index >= 15 is 0 Å². The van der Waals surface area contributed by atoms with Crippen molar-refractivity contribution in [2.75, 3.05) is 0 Å². The second-order valence-electron chi connectivity index (χ2n) is 4.21. The Labute approximate surface area is 111 Å². The Morgan fingerprint density at radius 3 is 2.89 bits per heavy atom. The molecule has 0 aliphatic carbocycles. The van der Waals surface area contributed by atoms with Crippen LogP contribution in [0.5, 0.6) is 0 Å². The molecule has 1 unspecified atom stereocenters. The molecule has 1 N–H and O–H groups in total. The van der Waals surface area contributed by atoms with Crippen LogP contribution in [0.3, 0.4) is 0 Å². The lowest BCUT2D eigenvalue weighted by Gasteiger charge is -2.14. The summed E-state index contributed by atoms with van der Waals surface area (Å²) >= 11 is 5.91. The number of hydrogen-bond donors (Lipinski definition) is 1. The molecule has 0 fully saturated rings. The second kappa shape index (κ2) is 5.50. The maximum absolute atomic E-state index is 13.1. The Morgan fingerprint density at radius 2 is 2.28 bits per heavy atom. The van der Waals surface area contributed by atoms with E-state index in [0.29, 0.717) is 11.7 Å². The molecule has 1 aromatic carbocycles. The highest BCUT2D eigenvalue weighted by Gasteiger charge is 2.08. The van der Waals surface area contributed by atoms with Crippen LogP contribution in [0.15, 0.2) is 30.5 Å². The largest absolute Gasteiger partial charge is 0.321 e. The van der Waals surface area contributed by atoms with E-state index in [-0.39, 0.29) is 11.9 Å². The highest BCUT2D eigenvalue weighted by molar-refractivity contribution is 6.29. The van der Waals surface area contributed by atoms with Crippen molar-refractivity contribution in [1.82, 2.24) is 14.9 Å². The Kier molecular flexibility index (Phi) is 3.99. The number of hydrogen-bond acceptors (Lipinski definition) is 2. The third-order valence-electron chi connectivity index (χ3n) is 2.94. The van der Waals surface area contributed by atoms with Crippen LogP contribution in [0.25, 0.3) is 0 Å². The van der Waals surface area contributed by atoms with Gasteiger partial charge in [0.25, 0.3) is 0 Å². The van der Waals surface area contributed by atoms with E-state index < -0.39 is 0 Å². The first-order valence-electron chi connectivity index (χ1n) is 5.73. The van der Waals surface area contributed by atoms with Crippen molar-refractivity contribution in [3.63, 3.8) is 0 Å². The number of imidazole rings is 1. The summed E-state index contributed by atoms with van der Waals surface area (Å²) in [7, 11) is 1.86. The number of halogens is 2. The minimum atomic E-state index is -0.221. The lowest BCUT2D eigenvalue weighted by molar-refractivity contribution is 0.543. The molecular weight excluding hydrogens is 253 g/mol. The summed E-state index contributed by atoms with van der Waals surface area (Å²) in [6.45, 7) is 2.57. The molecule has 0 aliphatic rings. The summed E-state index contributed by atoms with van der Waals surface area (Å²) in [5.74, 6) is 0.629. The number of benzene rings is 1. The quantitative estimate of drug-likeness (QED) is 0.923. The first-order valence-corrected chi connectivity index (χ1v) is 6.10. The van der Waals surface area contributed by atoms with Crippen LogP contribution in [0, 0.1) is 5.82 Å². The maximum Gasteiger partial charge on any atom is 0.128 e. The van der Waals surface area contributed by atoms with Gasteiger partial charge in [0.15, 0.2) is 0 Å². The fourth-order valence-corrected chi connectivity index (χ4v) is 1.87. The average Bonchev–Trinajstić information content (AvgIpc) is 2.67. The zero-order valence-electron chi connectivity index (χ0n) is 10.3. The predicted molar refractivity (Wildman–Crippen MR) is 69.9 cm³/mol. The first kappa shape index (κ1) is 13.1. The van der Waals surface area contributed by atoms with Crippen LogP contribution >= 0.6 is 11.6 Å². The Balaban J connectivity index is 2.00. The predicted octanol–water partition coefficient (Wildman–Crippen LogP) is 3.06. The number of rotatable bonds is 4. The van der Waals surface area contributed by atoms with E-state index in [0.717, 1.165) is 11.4 Å². The molecule has 2 rings (SSSR count). The highest BCUT2D eigenvalue weighted by atomic mass is 35.5. The van der Waals surface area contributed by atoms with Gasteiger partial charge in [0, 0.05) is 13.1 Å². The lowest BCUT2D eigenvalue weighted by Crippen LogP contribution is -2.20. The molecule has 0 radical (unpaired) electrons. The van der Waals surface area contributed by atoms with E-state index in [1.807, 2.05) is 24.6 Å². The van der Waals surface area contributed by atoms with E-state index in [1.54, 1.807) is 12.3 Å². The zero-order chi connectivity index (χ0) is 13.1. The molecule has 0 amide bonds. The van der Waals surface area contributed by atoms with Gasteiger partial charge >= 0.3 is 0 Å². The molecule has 1 atom stereocenters. The molecule has 0 aliphatic heterocycles. The summed E-state index contributed by atoms with van der Waals surface area (Å²) < 4.78 is 14.9. The van der Waals surface area contributed by atoms with Gasteiger partial charge in [-0.3, -0.25) is 0 Å². The topological polar surface area (TPSA) is 29.9 Å². The monoisotopic (exact) mass is 267 g/mol. The van der Waals surface area contributed by atoms with Crippen molar-refractivity contribution in [2.24, 2.45) is 7.05 Å². The van der Waals surface area contributed by atoms with Crippen molar-refractivity contribution in [2.45, 2.75) is 19.5 Å². The molecule has 18 heavy (non-hydrogen) atoms. The van der Waals surface area contributed by atoms with Crippen molar-refractivity contribution in [3.05, 3.63) is 52.8 Å². The van der Waals surface area contributed by atoms with Crippen LogP contribution in [0.1, 0.15) is 24.4 Å². The zero-order valence-corrected chi connectivity index (χ0v) is 11.1. The fourth-order valence-electron chi connectivity index (χ4n) is 1.73. The van der Waals surface area contributed by atoms with E-state index in [9.17, 15) is 4.39 Å². The van der Waals surface area contributed by atoms with Gasteiger partial charge in [0.1, 0.15) is 16.8 Å². The average molecular weight is 268 g/mol. The summed E-state index contributed by atoms with van der Waals surface area (Å²) in [5, 5.41) is 3.89. The molecule has 1 heterocycles. The minimum absolute atomic E-state index is 0.0520. The number of nitrogens with zero attached hydrogens (tertiary/aromatic N) is 2. The molecule has 96 valence electrons. The SMILES string of the molecule is CC(NCc1ncc(Cl)n1C)c1cccc(F)c1. The molecule has 5 heteroatoms. The van der Waals surface area contributed by atoms with Gasteiger partial charge in [0.05, 0.1) is 12.7 Å². The summed E-state index contributed by atoms with van der Waals surface area (Å²) in [5.41, 5.74) is 0.912. The van der Waals surface area contributed by atoms with Crippen LogP contribution in [-0.4, -0.2) is 9.55 Å². The lowest BCUT2D eigenvalue weighted by atomic mass is 10.1. The molecule has 3 nitrogen and oxygen atoms in total. The fraction of sp³-hybridized carbons (Fsp3) is 0.308. The first-order chi connectivity index (χ1) is 8.58. The van der Waals surface area contributed by atoms with E-state index in [2.05, 4.69) is 10.3 Å². The van der Waals surface area contributed by atoms with E-state index in [4.69, 9.17) is 11.6 Å². The van der Waals surface area contributed by atoms with Crippen LogP contribution < -0.4 is 5.32 Å². The van der Waals surface area contributed by atoms with Crippen LogP contribution in [0.4, 0.5) is 4.39 Å². The molecule has 0 saturated heterocycles. The van der Waals surface area contributed by atoms with Crippen LogP contribution in [-0.2, 0) is 13.6 Å². The van der Waals surface area contributed by atoms with Crippen molar-refractivity contribution < 1.29 is 4.39 Å². The molecule has 0 saturated carbocycles. The standard InChI is InChI=1S/C13H15ClFN3/c1-9(10-4-3-5-11(15)6-10)16-8-13-17-7-12(14)18(13)2/h3-7,9,16H,8H2,1-2H3. The van der Waals surface area contributed by atoms with Gasteiger partial charge < -0.3 is 9.88 Å². The van der Waals surface area contributed by atoms with Gasteiger partial charge in [-0.25, -0.2) is 9.37 Å². The molecule has 0 bridgehead atoms. The summed E-state index contributed by atoms with van der Waals surface area (Å²) in [6.07, 6.45) is 1.62. The van der Waals surface area contributed by atoms with Gasteiger partial charge in [0.2, 0.25) is 0 Å². The third-order valence-corrected chi connectivity index (χ3v) is 3.29. The maximum atomic E-state index is 13.1. The molecule has 1 aromatic heterocycles. The summed E-state index contributed by atoms with van der Waals surface area (Å²) in [6, 6.07) is 6.63. The Bertz CT molecular complexity index is 539.